The summed E-state index contributed by atoms with van der Waals surface area (Å²) in [6, 6.07) is 18.6. The van der Waals surface area contributed by atoms with E-state index in [9.17, 15) is 4.79 Å². The molecule has 0 radical (unpaired) electrons. The van der Waals surface area contributed by atoms with E-state index in [2.05, 4.69) is 15.3 Å². The smallest absolute Gasteiger partial charge is 0.262 e. The van der Waals surface area contributed by atoms with Crippen LogP contribution in [0.25, 0.3) is 21.3 Å². The Kier molecular flexibility index (Phi) is 4.95. The fourth-order valence-electron chi connectivity index (χ4n) is 2.78. The van der Waals surface area contributed by atoms with Crippen LogP contribution in [0.1, 0.15) is 5.56 Å². The van der Waals surface area contributed by atoms with Crippen molar-refractivity contribution in [2.24, 2.45) is 0 Å². The summed E-state index contributed by atoms with van der Waals surface area (Å²) in [7, 11) is 0. The molecule has 0 atom stereocenters. The van der Waals surface area contributed by atoms with Crippen molar-refractivity contribution < 1.29 is 9.53 Å². The standard InChI is InChI=1S/C21H14N4O2S/c22-10-14-5-4-8-16(9-14)25-18(26)11-27-20-19-17(15-6-2-1-3-7-15)12-28-21(19)24-13-23-20/h1-9,12-13H,11H2,(H,25,26). The highest BCUT2D eigenvalue weighted by atomic mass is 32.1. The van der Waals surface area contributed by atoms with Crippen LogP contribution in [0.2, 0.25) is 0 Å². The third kappa shape index (κ3) is 3.68. The molecule has 2 aromatic carbocycles. The first kappa shape index (κ1) is 17.6. The lowest BCUT2D eigenvalue weighted by Gasteiger charge is -2.09. The molecule has 28 heavy (non-hydrogen) atoms. The lowest BCUT2D eigenvalue weighted by molar-refractivity contribution is -0.118. The highest BCUT2D eigenvalue weighted by Gasteiger charge is 2.15. The molecule has 0 bridgehead atoms. The quantitative estimate of drug-likeness (QED) is 0.554. The molecule has 4 rings (SSSR count). The number of carbonyl (C=O) groups is 1. The molecule has 2 heterocycles. The molecular weight excluding hydrogens is 372 g/mol. The average molecular weight is 386 g/mol. The van der Waals surface area contributed by atoms with Gasteiger partial charge in [0.1, 0.15) is 11.2 Å². The normalized spacial score (nSPS) is 10.4. The van der Waals surface area contributed by atoms with Gasteiger partial charge in [-0.25, -0.2) is 9.97 Å². The molecular formula is C21H14N4O2S. The lowest BCUT2D eigenvalue weighted by atomic mass is 10.1. The Bertz CT molecular complexity index is 1180. The van der Waals surface area contributed by atoms with Crippen molar-refractivity contribution in [2.75, 3.05) is 11.9 Å². The number of fused-ring (bicyclic) bond motifs is 1. The van der Waals surface area contributed by atoms with Crippen LogP contribution < -0.4 is 10.1 Å². The number of anilines is 1. The van der Waals surface area contributed by atoms with Crippen LogP contribution in [0, 0.1) is 11.3 Å². The van der Waals surface area contributed by atoms with E-state index in [-0.39, 0.29) is 12.5 Å². The number of nitrogens with one attached hydrogen (secondary N) is 1. The van der Waals surface area contributed by atoms with E-state index in [1.165, 1.54) is 17.7 Å². The summed E-state index contributed by atoms with van der Waals surface area (Å²) in [5.74, 6) is 0.0318. The minimum atomic E-state index is -0.335. The Morgan fingerprint density at radius 1 is 1.14 bits per heavy atom. The highest BCUT2D eigenvalue weighted by molar-refractivity contribution is 7.17. The van der Waals surface area contributed by atoms with Crippen LogP contribution in [-0.4, -0.2) is 22.5 Å². The first-order chi connectivity index (χ1) is 13.7. The van der Waals surface area contributed by atoms with Crippen molar-refractivity contribution in [2.45, 2.75) is 0 Å². The molecule has 0 unspecified atom stereocenters. The Labute approximate surface area is 165 Å². The maximum absolute atomic E-state index is 12.3. The van der Waals surface area contributed by atoms with Gasteiger partial charge in [0.05, 0.1) is 17.0 Å². The molecule has 1 N–H and O–H groups in total. The number of benzene rings is 2. The van der Waals surface area contributed by atoms with Gasteiger partial charge in [0, 0.05) is 16.6 Å². The van der Waals surface area contributed by atoms with Gasteiger partial charge in [-0.1, -0.05) is 36.4 Å². The largest absolute Gasteiger partial charge is 0.467 e. The Morgan fingerprint density at radius 2 is 2.00 bits per heavy atom. The number of nitriles is 1. The third-order valence-corrected chi connectivity index (χ3v) is 4.92. The zero-order valence-electron chi connectivity index (χ0n) is 14.6. The molecule has 0 aliphatic rings. The summed E-state index contributed by atoms with van der Waals surface area (Å²) in [6.07, 6.45) is 1.43. The SMILES string of the molecule is N#Cc1cccc(NC(=O)COc2ncnc3scc(-c4ccccc4)c23)c1. The molecule has 0 saturated heterocycles. The summed E-state index contributed by atoms with van der Waals surface area (Å²) >= 11 is 1.50. The molecule has 136 valence electrons. The molecule has 4 aromatic rings. The van der Waals surface area contributed by atoms with Gasteiger partial charge in [0.25, 0.3) is 5.91 Å². The number of amides is 1. The Balaban J connectivity index is 1.54. The van der Waals surface area contributed by atoms with Crippen molar-refractivity contribution in [3.05, 3.63) is 71.9 Å². The number of aromatic nitrogens is 2. The van der Waals surface area contributed by atoms with Crippen LogP contribution in [0.5, 0.6) is 5.88 Å². The predicted octanol–water partition coefficient (Wildman–Crippen LogP) is 4.25. The van der Waals surface area contributed by atoms with Gasteiger partial charge in [-0.2, -0.15) is 5.26 Å². The molecule has 6 nitrogen and oxygen atoms in total. The van der Waals surface area contributed by atoms with Gasteiger partial charge in [-0.15, -0.1) is 11.3 Å². The fourth-order valence-corrected chi connectivity index (χ4v) is 3.69. The molecule has 0 fully saturated rings. The van der Waals surface area contributed by atoms with E-state index in [1.54, 1.807) is 24.3 Å². The minimum absolute atomic E-state index is 0.201. The van der Waals surface area contributed by atoms with E-state index >= 15 is 0 Å². The number of rotatable bonds is 5. The second kappa shape index (κ2) is 7.86. The molecule has 7 heteroatoms. The van der Waals surface area contributed by atoms with E-state index in [0.717, 1.165) is 21.3 Å². The van der Waals surface area contributed by atoms with Crippen molar-refractivity contribution in [3.8, 4) is 23.1 Å². The highest BCUT2D eigenvalue weighted by Crippen LogP contribution is 2.37. The van der Waals surface area contributed by atoms with Crippen LogP contribution >= 0.6 is 11.3 Å². The van der Waals surface area contributed by atoms with Gasteiger partial charge in [-0.05, 0) is 23.8 Å². The minimum Gasteiger partial charge on any atom is -0.467 e. The summed E-state index contributed by atoms with van der Waals surface area (Å²) < 4.78 is 5.71. The van der Waals surface area contributed by atoms with Gasteiger partial charge < -0.3 is 10.1 Å². The first-order valence-electron chi connectivity index (χ1n) is 8.45. The molecule has 2 aromatic heterocycles. The first-order valence-corrected chi connectivity index (χ1v) is 9.33. The van der Waals surface area contributed by atoms with Gasteiger partial charge in [0.2, 0.25) is 5.88 Å². The molecule has 0 aliphatic carbocycles. The van der Waals surface area contributed by atoms with Crippen molar-refractivity contribution in [1.82, 2.24) is 9.97 Å². The number of thiophene rings is 1. The topological polar surface area (TPSA) is 87.9 Å². The maximum Gasteiger partial charge on any atom is 0.262 e. The fraction of sp³-hybridized carbons (Fsp3) is 0.0476. The van der Waals surface area contributed by atoms with E-state index in [0.29, 0.717) is 17.1 Å². The maximum atomic E-state index is 12.3. The Morgan fingerprint density at radius 3 is 2.82 bits per heavy atom. The van der Waals surface area contributed by atoms with Gasteiger partial charge >= 0.3 is 0 Å². The van der Waals surface area contributed by atoms with E-state index in [4.69, 9.17) is 10.00 Å². The predicted molar refractivity (Wildman–Crippen MR) is 108 cm³/mol. The van der Waals surface area contributed by atoms with Crippen LogP contribution in [0.3, 0.4) is 0 Å². The van der Waals surface area contributed by atoms with Crippen LogP contribution in [0.4, 0.5) is 5.69 Å². The zero-order valence-corrected chi connectivity index (χ0v) is 15.4. The van der Waals surface area contributed by atoms with E-state index in [1.807, 2.05) is 41.8 Å². The zero-order chi connectivity index (χ0) is 19.3. The van der Waals surface area contributed by atoms with Gasteiger partial charge in [0.15, 0.2) is 6.61 Å². The number of nitrogens with zero attached hydrogens (tertiary/aromatic N) is 3. The molecule has 0 spiro atoms. The van der Waals surface area contributed by atoms with Crippen molar-refractivity contribution in [1.29, 1.82) is 5.26 Å². The summed E-state index contributed by atoms with van der Waals surface area (Å²) in [6.45, 7) is -0.201. The molecule has 1 amide bonds. The van der Waals surface area contributed by atoms with E-state index < -0.39 is 0 Å². The average Bonchev–Trinajstić information content (AvgIpc) is 3.18. The van der Waals surface area contributed by atoms with Gasteiger partial charge in [-0.3, -0.25) is 4.79 Å². The third-order valence-electron chi connectivity index (χ3n) is 4.04. The second-order valence-electron chi connectivity index (χ2n) is 5.90. The van der Waals surface area contributed by atoms with Crippen LogP contribution in [0.15, 0.2) is 66.3 Å². The molecule has 0 aliphatic heterocycles. The lowest BCUT2D eigenvalue weighted by Crippen LogP contribution is -2.20. The number of carbonyl (C=O) groups excluding carboxylic acids is 1. The summed E-state index contributed by atoms with van der Waals surface area (Å²) in [4.78, 5) is 21.6. The molecule has 0 saturated carbocycles. The van der Waals surface area contributed by atoms with Crippen LogP contribution in [-0.2, 0) is 4.79 Å². The Hall–Kier alpha value is -3.76. The summed E-state index contributed by atoms with van der Waals surface area (Å²) in [5, 5.41) is 14.5. The number of ether oxygens (including phenoxy) is 1. The number of hydrogen-bond donors (Lipinski definition) is 1. The second-order valence-corrected chi connectivity index (χ2v) is 6.76. The van der Waals surface area contributed by atoms with Crippen molar-refractivity contribution >= 4 is 33.1 Å². The number of hydrogen-bond acceptors (Lipinski definition) is 6. The monoisotopic (exact) mass is 386 g/mol. The summed E-state index contributed by atoms with van der Waals surface area (Å²) in [5.41, 5.74) is 3.02. The van der Waals surface area contributed by atoms with Crippen molar-refractivity contribution in [3.63, 3.8) is 0 Å².